The van der Waals surface area contributed by atoms with E-state index < -0.39 is 0 Å². The number of para-hydroxylation sites is 1. The summed E-state index contributed by atoms with van der Waals surface area (Å²) in [5.41, 5.74) is 0. The fourth-order valence-electron chi connectivity index (χ4n) is 2.04. The second-order valence-electron chi connectivity index (χ2n) is 4.10. The number of thioether (sulfide) groups is 1. The zero-order chi connectivity index (χ0) is 12.1. The Labute approximate surface area is 107 Å². The lowest BCUT2D eigenvalue weighted by molar-refractivity contribution is 0.167. The van der Waals surface area contributed by atoms with Gasteiger partial charge in [0.15, 0.2) is 0 Å². The largest absolute Gasteiger partial charge is 0.487 e. The Hall–Kier alpha value is -0.930. The first kappa shape index (κ1) is 12.5. The molecule has 1 aromatic rings. The van der Waals surface area contributed by atoms with E-state index in [0.717, 1.165) is 24.5 Å². The van der Waals surface area contributed by atoms with Gasteiger partial charge in [-0.2, -0.15) is 0 Å². The van der Waals surface area contributed by atoms with E-state index in [-0.39, 0.29) is 6.10 Å². The summed E-state index contributed by atoms with van der Waals surface area (Å²) in [6.45, 7) is 6.91. The summed E-state index contributed by atoms with van der Waals surface area (Å²) in [6, 6.07) is 8.61. The molecule has 2 atom stereocenters. The third kappa shape index (κ3) is 3.05. The molecule has 0 aliphatic carbocycles. The Balaban J connectivity index is 2.07. The molecule has 2 unspecified atom stereocenters. The van der Waals surface area contributed by atoms with Crippen molar-refractivity contribution in [1.82, 2.24) is 5.32 Å². The van der Waals surface area contributed by atoms with Gasteiger partial charge in [0.05, 0.1) is 0 Å². The first-order valence-corrected chi connectivity index (χ1v) is 7.06. The minimum absolute atomic E-state index is 0.229. The van der Waals surface area contributed by atoms with Gasteiger partial charge in [0.25, 0.3) is 0 Å². The smallest absolute Gasteiger partial charge is 0.133 e. The highest BCUT2D eigenvalue weighted by molar-refractivity contribution is 7.99. The second-order valence-corrected chi connectivity index (χ2v) is 5.16. The van der Waals surface area contributed by atoms with Gasteiger partial charge in [0.1, 0.15) is 11.9 Å². The first-order valence-electron chi connectivity index (χ1n) is 6.08. The minimum atomic E-state index is 0.229. The molecule has 0 saturated heterocycles. The molecule has 0 spiro atoms. The van der Waals surface area contributed by atoms with E-state index in [4.69, 9.17) is 4.74 Å². The van der Waals surface area contributed by atoms with Gasteiger partial charge in [-0.05, 0) is 25.1 Å². The normalized spacial score (nSPS) is 20.2. The predicted molar refractivity (Wildman–Crippen MR) is 73.9 cm³/mol. The number of rotatable bonds is 5. The number of nitrogens with one attached hydrogen (secondary N) is 1. The van der Waals surface area contributed by atoms with Crippen LogP contribution in [0.4, 0.5) is 0 Å². The molecule has 1 aliphatic rings. The molecule has 0 bridgehead atoms. The molecule has 92 valence electrons. The van der Waals surface area contributed by atoms with Crippen molar-refractivity contribution in [2.24, 2.45) is 0 Å². The third-order valence-corrected chi connectivity index (χ3v) is 4.01. The van der Waals surface area contributed by atoms with Crippen LogP contribution >= 0.6 is 11.8 Å². The van der Waals surface area contributed by atoms with Crippen LogP contribution in [0, 0.1) is 0 Å². The molecular formula is C14H19NOS. The zero-order valence-electron chi connectivity index (χ0n) is 10.2. The number of hydrogen-bond donors (Lipinski definition) is 1. The van der Waals surface area contributed by atoms with Gasteiger partial charge in [-0.15, -0.1) is 18.3 Å². The molecule has 0 radical (unpaired) electrons. The Morgan fingerprint density at radius 1 is 1.59 bits per heavy atom. The number of hydrogen-bond acceptors (Lipinski definition) is 3. The van der Waals surface area contributed by atoms with Gasteiger partial charge in [-0.25, -0.2) is 0 Å². The molecule has 1 aromatic carbocycles. The highest BCUT2D eigenvalue weighted by Gasteiger charge is 2.26. The van der Waals surface area contributed by atoms with E-state index in [9.17, 15) is 0 Å². The summed E-state index contributed by atoms with van der Waals surface area (Å²) in [4.78, 5) is 1.25. The fraction of sp³-hybridized carbons (Fsp3) is 0.429. The van der Waals surface area contributed by atoms with Crippen LogP contribution in [-0.4, -0.2) is 24.4 Å². The maximum atomic E-state index is 6.07. The van der Waals surface area contributed by atoms with Gasteiger partial charge in [-0.1, -0.05) is 25.1 Å². The summed E-state index contributed by atoms with van der Waals surface area (Å²) >= 11 is 1.88. The Kier molecular flexibility index (Phi) is 4.51. The topological polar surface area (TPSA) is 21.3 Å². The van der Waals surface area contributed by atoms with Crippen molar-refractivity contribution in [1.29, 1.82) is 0 Å². The number of likely N-dealkylation sites (N-methyl/N-ethyl adjacent to an activating group) is 1. The van der Waals surface area contributed by atoms with E-state index in [2.05, 4.69) is 31.0 Å². The average Bonchev–Trinajstić information content (AvgIpc) is 2.38. The van der Waals surface area contributed by atoms with Gasteiger partial charge in [-0.3, -0.25) is 0 Å². The van der Waals surface area contributed by atoms with Crippen molar-refractivity contribution in [3.8, 4) is 5.75 Å². The van der Waals surface area contributed by atoms with Crippen molar-refractivity contribution in [2.75, 3.05) is 12.3 Å². The van der Waals surface area contributed by atoms with Crippen LogP contribution in [0.25, 0.3) is 0 Å². The van der Waals surface area contributed by atoms with Crippen LogP contribution < -0.4 is 10.1 Å². The van der Waals surface area contributed by atoms with Gasteiger partial charge < -0.3 is 10.1 Å². The zero-order valence-corrected chi connectivity index (χ0v) is 11.0. The summed E-state index contributed by atoms with van der Waals surface area (Å²) in [5, 5.41) is 3.47. The highest BCUT2D eigenvalue weighted by atomic mass is 32.2. The van der Waals surface area contributed by atoms with E-state index in [1.165, 1.54) is 4.90 Å². The molecule has 17 heavy (non-hydrogen) atoms. The molecule has 1 aliphatic heterocycles. The van der Waals surface area contributed by atoms with E-state index in [1.54, 1.807) is 0 Å². The second kappa shape index (κ2) is 6.12. The predicted octanol–water partition coefficient (Wildman–Crippen LogP) is 3.09. The quantitative estimate of drug-likeness (QED) is 0.810. The van der Waals surface area contributed by atoms with Crippen LogP contribution in [0.5, 0.6) is 5.75 Å². The van der Waals surface area contributed by atoms with Gasteiger partial charge in [0.2, 0.25) is 0 Å². The van der Waals surface area contributed by atoms with Crippen LogP contribution in [0.15, 0.2) is 41.8 Å². The molecule has 2 nitrogen and oxygen atoms in total. The summed E-state index contributed by atoms with van der Waals surface area (Å²) < 4.78 is 6.07. The molecule has 1 N–H and O–H groups in total. The van der Waals surface area contributed by atoms with Crippen LogP contribution in [0.3, 0.4) is 0 Å². The van der Waals surface area contributed by atoms with Crippen LogP contribution in [0.1, 0.15) is 13.3 Å². The first-order chi connectivity index (χ1) is 8.35. The minimum Gasteiger partial charge on any atom is -0.487 e. The fourth-order valence-corrected chi connectivity index (χ4v) is 3.12. The molecule has 0 amide bonds. The summed E-state index contributed by atoms with van der Waals surface area (Å²) in [7, 11) is 0. The van der Waals surface area contributed by atoms with Gasteiger partial charge >= 0.3 is 0 Å². The van der Waals surface area contributed by atoms with E-state index >= 15 is 0 Å². The molecule has 0 fully saturated rings. The monoisotopic (exact) mass is 249 g/mol. The highest BCUT2D eigenvalue weighted by Crippen LogP contribution is 2.35. The van der Waals surface area contributed by atoms with Crippen molar-refractivity contribution in [3.05, 3.63) is 36.9 Å². The third-order valence-electron chi connectivity index (χ3n) is 2.87. The SMILES string of the molecule is C=CCC(NCC)C1CSc2ccccc2O1. The lowest BCUT2D eigenvalue weighted by Gasteiger charge is -2.31. The summed E-state index contributed by atoms with van der Waals surface area (Å²) in [6.07, 6.45) is 3.14. The lowest BCUT2D eigenvalue weighted by atomic mass is 10.1. The van der Waals surface area contributed by atoms with Crippen molar-refractivity contribution in [2.45, 2.75) is 30.4 Å². The van der Waals surface area contributed by atoms with Crippen LogP contribution in [-0.2, 0) is 0 Å². The Bertz CT molecular complexity index is 380. The van der Waals surface area contributed by atoms with Crippen molar-refractivity contribution >= 4 is 11.8 Å². The maximum Gasteiger partial charge on any atom is 0.133 e. The molecular weight excluding hydrogens is 230 g/mol. The number of ether oxygens (including phenoxy) is 1. The Morgan fingerprint density at radius 2 is 2.41 bits per heavy atom. The Morgan fingerprint density at radius 3 is 3.18 bits per heavy atom. The summed E-state index contributed by atoms with van der Waals surface area (Å²) in [5.74, 6) is 2.02. The standard InChI is InChI=1S/C14H19NOS/c1-3-7-11(15-4-2)13-10-17-14-9-6-5-8-12(14)16-13/h3,5-6,8-9,11,13,15H,1,4,7,10H2,2H3. The number of benzene rings is 1. The lowest BCUT2D eigenvalue weighted by Crippen LogP contribution is -2.45. The average molecular weight is 249 g/mol. The molecule has 2 rings (SSSR count). The molecule has 0 aromatic heterocycles. The molecule has 1 heterocycles. The molecule has 3 heteroatoms. The maximum absolute atomic E-state index is 6.07. The van der Waals surface area contributed by atoms with E-state index in [0.29, 0.717) is 6.04 Å². The van der Waals surface area contributed by atoms with Gasteiger partial charge in [0, 0.05) is 16.7 Å². The van der Waals surface area contributed by atoms with Crippen molar-refractivity contribution in [3.63, 3.8) is 0 Å². The number of fused-ring (bicyclic) bond motifs is 1. The molecule has 0 saturated carbocycles. The van der Waals surface area contributed by atoms with E-state index in [1.807, 2.05) is 30.0 Å². The van der Waals surface area contributed by atoms with Crippen LogP contribution in [0.2, 0.25) is 0 Å². The van der Waals surface area contributed by atoms with Crippen molar-refractivity contribution < 1.29 is 4.74 Å².